The lowest BCUT2D eigenvalue weighted by Gasteiger charge is -2.21. The topological polar surface area (TPSA) is 102 Å². The third-order valence-electron chi connectivity index (χ3n) is 4.03. The summed E-state index contributed by atoms with van der Waals surface area (Å²) in [6.45, 7) is 0.419. The Bertz CT molecular complexity index is 850. The van der Waals surface area contributed by atoms with Gasteiger partial charge < -0.3 is 15.8 Å². The summed E-state index contributed by atoms with van der Waals surface area (Å²) in [6, 6.07) is 13.9. The number of carbonyl (C=O) groups is 3. The van der Waals surface area contributed by atoms with Crippen LogP contribution >= 0.6 is 0 Å². The summed E-state index contributed by atoms with van der Waals surface area (Å²) in [4.78, 5) is 37.3. The first-order valence-electron chi connectivity index (χ1n) is 8.22. The van der Waals surface area contributed by atoms with Crippen molar-refractivity contribution in [3.63, 3.8) is 0 Å². The molecule has 0 fully saturated rings. The minimum atomic E-state index is -0.523. The molecule has 3 N–H and O–H groups in total. The van der Waals surface area contributed by atoms with Gasteiger partial charge in [-0.15, -0.1) is 0 Å². The van der Waals surface area contributed by atoms with E-state index >= 15 is 0 Å². The van der Waals surface area contributed by atoms with E-state index in [1.165, 1.54) is 4.90 Å². The highest BCUT2D eigenvalue weighted by molar-refractivity contribution is 6.00. The summed E-state index contributed by atoms with van der Waals surface area (Å²) >= 11 is 0. The van der Waals surface area contributed by atoms with E-state index in [2.05, 4.69) is 5.32 Å². The fourth-order valence-electron chi connectivity index (χ4n) is 2.73. The van der Waals surface area contributed by atoms with E-state index in [0.29, 0.717) is 17.0 Å². The van der Waals surface area contributed by atoms with E-state index in [1.54, 1.807) is 42.5 Å². The van der Waals surface area contributed by atoms with Crippen LogP contribution < -0.4 is 20.7 Å². The van der Waals surface area contributed by atoms with Crippen molar-refractivity contribution in [2.24, 2.45) is 5.73 Å². The smallest absolute Gasteiger partial charge is 0.248 e. The molecule has 3 rings (SSSR count). The fraction of sp³-hybridized carbons (Fsp3) is 0.211. The Balaban J connectivity index is 1.67. The SMILES string of the molecule is NC(=O)c1cccc(CNC(=O)CN2C(=O)CCOc3ccccc32)c1. The lowest BCUT2D eigenvalue weighted by atomic mass is 10.1. The zero-order valence-corrected chi connectivity index (χ0v) is 14.1. The van der Waals surface area contributed by atoms with Crippen LogP contribution in [0.15, 0.2) is 48.5 Å². The first-order valence-corrected chi connectivity index (χ1v) is 8.22. The van der Waals surface area contributed by atoms with E-state index in [1.807, 2.05) is 6.07 Å². The van der Waals surface area contributed by atoms with Gasteiger partial charge in [0.15, 0.2) is 0 Å². The molecule has 0 radical (unpaired) electrons. The quantitative estimate of drug-likeness (QED) is 0.844. The first-order chi connectivity index (χ1) is 12.5. The average molecular weight is 353 g/mol. The van der Waals surface area contributed by atoms with E-state index < -0.39 is 5.91 Å². The van der Waals surface area contributed by atoms with Crippen LogP contribution in [-0.2, 0) is 16.1 Å². The number of rotatable bonds is 5. The normalized spacial score (nSPS) is 13.4. The maximum absolute atomic E-state index is 12.3. The maximum Gasteiger partial charge on any atom is 0.248 e. The largest absolute Gasteiger partial charge is 0.491 e. The highest BCUT2D eigenvalue weighted by Gasteiger charge is 2.24. The second-order valence-corrected chi connectivity index (χ2v) is 5.89. The van der Waals surface area contributed by atoms with Gasteiger partial charge in [0, 0.05) is 12.1 Å². The van der Waals surface area contributed by atoms with Crippen LogP contribution in [0, 0.1) is 0 Å². The number of primary amides is 1. The molecule has 0 bridgehead atoms. The number of nitrogens with zero attached hydrogens (tertiary/aromatic N) is 1. The Kier molecular flexibility index (Phi) is 5.17. The summed E-state index contributed by atoms with van der Waals surface area (Å²) in [7, 11) is 0. The van der Waals surface area contributed by atoms with Gasteiger partial charge in [-0.2, -0.15) is 0 Å². The molecule has 7 heteroatoms. The van der Waals surface area contributed by atoms with Crippen molar-refractivity contribution in [2.75, 3.05) is 18.1 Å². The summed E-state index contributed by atoms with van der Waals surface area (Å²) in [6.07, 6.45) is 0.211. The molecule has 0 saturated heterocycles. The van der Waals surface area contributed by atoms with E-state index in [9.17, 15) is 14.4 Å². The van der Waals surface area contributed by atoms with Crippen molar-refractivity contribution in [3.8, 4) is 5.75 Å². The molecule has 0 aliphatic carbocycles. The molecule has 2 aromatic carbocycles. The number of nitrogens with two attached hydrogens (primary N) is 1. The summed E-state index contributed by atoms with van der Waals surface area (Å²) in [5.41, 5.74) is 6.97. The number of fused-ring (bicyclic) bond motifs is 1. The third-order valence-corrected chi connectivity index (χ3v) is 4.03. The van der Waals surface area contributed by atoms with Crippen LogP contribution in [0.4, 0.5) is 5.69 Å². The third kappa shape index (κ3) is 4.00. The standard InChI is InChI=1S/C19H19N3O4/c20-19(25)14-5-3-4-13(10-14)11-21-17(23)12-22-15-6-1-2-7-16(15)26-9-8-18(22)24/h1-7,10H,8-9,11-12H2,(H2,20,25)(H,21,23). The van der Waals surface area contributed by atoms with Crippen molar-refractivity contribution in [2.45, 2.75) is 13.0 Å². The van der Waals surface area contributed by atoms with Gasteiger partial charge in [-0.05, 0) is 29.8 Å². The fourth-order valence-corrected chi connectivity index (χ4v) is 2.73. The Morgan fingerprint density at radius 1 is 1.15 bits per heavy atom. The van der Waals surface area contributed by atoms with E-state index in [-0.39, 0.29) is 37.9 Å². The zero-order chi connectivity index (χ0) is 18.5. The molecule has 3 amide bonds. The molecule has 1 aliphatic rings. The number of amides is 3. The predicted molar refractivity (Wildman–Crippen MR) is 95.7 cm³/mol. The molecule has 1 heterocycles. The van der Waals surface area contributed by atoms with Crippen molar-refractivity contribution < 1.29 is 19.1 Å². The number of benzene rings is 2. The lowest BCUT2D eigenvalue weighted by Crippen LogP contribution is -2.40. The highest BCUT2D eigenvalue weighted by atomic mass is 16.5. The molecule has 26 heavy (non-hydrogen) atoms. The van der Waals surface area contributed by atoms with Crippen LogP contribution in [0.1, 0.15) is 22.3 Å². The van der Waals surface area contributed by atoms with Crippen LogP contribution in [-0.4, -0.2) is 30.9 Å². The van der Waals surface area contributed by atoms with Crippen molar-refractivity contribution in [1.82, 2.24) is 5.32 Å². The minimum absolute atomic E-state index is 0.102. The van der Waals surface area contributed by atoms with E-state index in [0.717, 1.165) is 5.56 Å². The van der Waals surface area contributed by atoms with Crippen LogP contribution in [0.25, 0.3) is 0 Å². The van der Waals surface area contributed by atoms with Gasteiger partial charge in [0.1, 0.15) is 12.3 Å². The number of para-hydroxylation sites is 2. The number of ether oxygens (including phenoxy) is 1. The molecule has 0 spiro atoms. The zero-order valence-electron chi connectivity index (χ0n) is 14.1. The molecule has 0 unspecified atom stereocenters. The van der Waals surface area contributed by atoms with Gasteiger partial charge in [0.25, 0.3) is 0 Å². The van der Waals surface area contributed by atoms with Crippen LogP contribution in [0.5, 0.6) is 5.75 Å². The monoisotopic (exact) mass is 353 g/mol. The van der Waals surface area contributed by atoms with Gasteiger partial charge in [-0.25, -0.2) is 0 Å². The maximum atomic E-state index is 12.3. The summed E-state index contributed by atoms with van der Waals surface area (Å²) in [5, 5.41) is 2.76. The predicted octanol–water partition coefficient (Wildman–Crippen LogP) is 1.22. The van der Waals surface area contributed by atoms with Crippen LogP contribution in [0.2, 0.25) is 0 Å². The first kappa shape index (κ1) is 17.5. The number of hydrogen-bond acceptors (Lipinski definition) is 4. The van der Waals surface area contributed by atoms with Gasteiger partial charge >= 0.3 is 0 Å². The van der Waals surface area contributed by atoms with Gasteiger partial charge in [0.2, 0.25) is 17.7 Å². The van der Waals surface area contributed by atoms with Crippen molar-refractivity contribution in [3.05, 3.63) is 59.7 Å². The summed E-state index contributed by atoms with van der Waals surface area (Å²) in [5.74, 6) is -0.411. The van der Waals surface area contributed by atoms with Gasteiger partial charge in [0.05, 0.1) is 18.7 Å². The molecule has 7 nitrogen and oxygen atoms in total. The number of hydrogen-bond donors (Lipinski definition) is 2. The molecule has 0 atom stereocenters. The van der Waals surface area contributed by atoms with Gasteiger partial charge in [-0.1, -0.05) is 24.3 Å². The Labute approximate surface area is 150 Å². The second-order valence-electron chi connectivity index (χ2n) is 5.89. The van der Waals surface area contributed by atoms with Crippen molar-refractivity contribution in [1.29, 1.82) is 0 Å². The Hall–Kier alpha value is -3.35. The second kappa shape index (κ2) is 7.69. The molecule has 0 aromatic heterocycles. The Morgan fingerprint density at radius 3 is 2.77 bits per heavy atom. The molecule has 1 aliphatic heterocycles. The van der Waals surface area contributed by atoms with E-state index in [4.69, 9.17) is 10.5 Å². The molecule has 134 valence electrons. The summed E-state index contributed by atoms with van der Waals surface area (Å²) < 4.78 is 5.56. The Morgan fingerprint density at radius 2 is 1.96 bits per heavy atom. The molecule has 2 aromatic rings. The molecular formula is C19H19N3O4. The molecule has 0 saturated carbocycles. The van der Waals surface area contributed by atoms with Gasteiger partial charge in [-0.3, -0.25) is 19.3 Å². The highest BCUT2D eigenvalue weighted by Crippen LogP contribution is 2.30. The lowest BCUT2D eigenvalue weighted by molar-refractivity contribution is -0.124. The number of anilines is 1. The number of carbonyl (C=O) groups excluding carboxylic acids is 3. The van der Waals surface area contributed by atoms with Crippen molar-refractivity contribution >= 4 is 23.4 Å². The van der Waals surface area contributed by atoms with Crippen LogP contribution in [0.3, 0.4) is 0 Å². The number of nitrogens with one attached hydrogen (secondary N) is 1. The minimum Gasteiger partial charge on any atom is -0.491 e. The molecular weight excluding hydrogens is 334 g/mol. The average Bonchev–Trinajstić information content (AvgIpc) is 2.79.